The van der Waals surface area contributed by atoms with Crippen LogP contribution in [0.15, 0.2) is 97.2 Å². The van der Waals surface area contributed by atoms with E-state index in [9.17, 15) is 14.7 Å². The minimum Gasteiger partial charge on any atom is -0.462 e. The number of aliphatic hydroxyl groups excluding tert-OH is 1. The van der Waals surface area contributed by atoms with Crippen molar-refractivity contribution >= 4 is 11.9 Å². The highest BCUT2D eigenvalue weighted by molar-refractivity contribution is 5.70. The van der Waals surface area contributed by atoms with E-state index in [1.54, 1.807) is 0 Å². The third kappa shape index (κ3) is 51.5. The number of rotatable bonds is 48. The number of ether oxygens (including phenoxy) is 2. The average molecular weight is 889 g/mol. The Hall–Kier alpha value is -3.18. The Morgan fingerprint density at radius 3 is 1.02 bits per heavy atom. The molecular weight excluding hydrogens is 789 g/mol. The van der Waals surface area contributed by atoms with Gasteiger partial charge in [-0.05, 0) is 77.0 Å². The third-order valence-corrected chi connectivity index (χ3v) is 11.4. The number of hydrogen-bond acceptors (Lipinski definition) is 5. The van der Waals surface area contributed by atoms with Crippen molar-refractivity contribution in [2.75, 3.05) is 13.2 Å². The number of aliphatic hydroxyl groups is 1. The summed E-state index contributed by atoms with van der Waals surface area (Å²) in [5.74, 6) is -0.617. The van der Waals surface area contributed by atoms with Gasteiger partial charge in [-0.25, -0.2) is 0 Å². The summed E-state index contributed by atoms with van der Waals surface area (Å²) >= 11 is 0. The van der Waals surface area contributed by atoms with E-state index in [0.29, 0.717) is 12.8 Å². The predicted molar refractivity (Wildman–Crippen MR) is 279 cm³/mol. The van der Waals surface area contributed by atoms with Gasteiger partial charge in [-0.15, -0.1) is 0 Å². The molecule has 5 nitrogen and oxygen atoms in total. The quantitative estimate of drug-likeness (QED) is 0.0374. The van der Waals surface area contributed by atoms with E-state index in [4.69, 9.17) is 9.47 Å². The van der Waals surface area contributed by atoms with E-state index in [2.05, 4.69) is 111 Å². The van der Waals surface area contributed by atoms with E-state index < -0.39 is 6.10 Å². The second kappa shape index (κ2) is 54.2. The summed E-state index contributed by atoms with van der Waals surface area (Å²) in [5.41, 5.74) is 0. The molecule has 0 aliphatic carbocycles. The number of carbonyl (C=O) groups is 2. The van der Waals surface area contributed by atoms with Crippen LogP contribution in [0.25, 0.3) is 0 Å². The van der Waals surface area contributed by atoms with Gasteiger partial charge in [0.1, 0.15) is 6.61 Å². The molecule has 0 aromatic rings. The summed E-state index contributed by atoms with van der Waals surface area (Å²) < 4.78 is 10.7. The first-order valence-electron chi connectivity index (χ1n) is 26.8. The molecule has 1 N–H and O–H groups in total. The summed E-state index contributed by atoms with van der Waals surface area (Å²) in [7, 11) is 0. The summed E-state index contributed by atoms with van der Waals surface area (Å²) in [6.45, 7) is 4.02. The molecule has 0 aromatic heterocycles. The maximum absolute atomic E-state index is 12.3. The number of allylic oxidation sites excluding steroid dienone is 16. The summed E-state index contributed by atoms with van der Waals surface area (Å²) in [6, 6.07) is 0. The molecule has 1 atom stereocenters. The van der Waals surface area contributed by atoms with E-state index in [1.165, 1.54) is 116 Å². The molecule has 5 heteroatoms. The normalized spacial score (nSPS) is 13.0. The van der Waals surface area contributed by atoms with Gasteiger partial charge in [0.25, 0.3) is 0 Å². The fraction of sp³-hybridized carbons (Fsp3) is 0.695. The van der Waals surface area contributed by atoms with Crippen LogP contribution in [0.5, 0.6) is 0 Å². The van der Waals surface area contributed by atoms with E-state index in [0.717, 1.165) is 103 Å². The van der Waals surface area contributed by atoms with Gasteiger partial charge in [-0.1, -0.05) is 252 Å². The smallest absolute Gasteiger partial charge is 0.306 e. The van der Waals surface area contributed by atoms with Crippen LogP contribution in [0.3, 0.4) is 0 Å². The van der Waals surface area contributed by atoms with Crippen molar-refractivity contribution in [3.05, 3.63) is 97.2 Å². The van der Waals surface area contributed by atoms with E-state index in [1.807, 2.05) is 0 Å². The number of carbonyl (C=O) groups excluding carboxylic acids is 2. The van der Waals surface area contributed by atoms with Crippen molar-refractivity contribution < 1.29 is 24.2 Å². The first-order valence-corrected chi connectivity index (χ1v) is 26.8. The van der Waals surface area contributed by atoms with Crippen molar-refractivity contribution in [1.29, 1.82) is 0 Å². The zero-order chi connectivity index (χ0) is 46.3. The highest BCUT2D eigenvalue weighted by Gasteiger charge is 2.16. The first-order chi connectivity index (χ1) is 31.6. The Kier molecular flexibility index (Phi) is 51.5. The maximum Gasteiger partial charge on any atom is 0.306 e. The van der Waals surface area contributed by atoms with Crippen LogP contribution in [0.1, 0.15) is 245 Å². The molecule has 0 saturated carbocycles. The van der Waals surface area contributed by atoms with Crippen LogP contribution in [0.4, 0.5) is 0 Å². The lowest BCUT2D eigenvalue weighted by atomic mass is 10.0. The van der Waals surface area contributed by atoms with Crippen LogP contribution in [0.2, 0.25) is 0 Å². The lowest BCUT2D eigenvalue weighted by Gasteiger charge is -2.15. The monoisotopic (exact) mass is 889 g/mol. The lowest BCUT2D eigenvalue weighted by Crippen LogP contribution is -2.28. The standard InChI is InChI=1S/C59H100O5/c1-3-5-7-9-11-13-15-17-19-21-23-25-26-27-28-29-30-31-32-34-36-38-40-42-44-46-48-50-52-54-59(62)64-57(55-60)56-63-58(61)53-51-49-47-45-43-41-39-37-35-33-24-22-20-18-16-14-12-10-8-6-4-2/h5,7,11,13,17,19,23,25,27-28,30-31,34,36,40,42,57,60H,3-4,6,8-10,12,14-16,18,20-22,24,26,29,32-33,35,37-39,41,43-56H2,1-2H3/b7-5-,13-11-,19-17-,25-23-,28-27-,31-30-,36-34-,42-40-. The fourth-order valence-electron chi connectivity index (χ4n) is 7.39. The molecular formula is C59H100O5. The minimum absolute atomic E-state index is 0.0790. The van der Waals surface area contributed by atoms with Crippen molar-refractivity contribution in [3.8, 4) is 0 Å². The maximum atomic E-state index is 12.3. The van der Waals surface area contributed by atoms with Crippen molar-refractivity contribution in [2.24, 2.45) is 0 Å². The fourth-order valence-corrected chi connectivity index (χ4v) is 7.39. The Labute approximate surface area is 396 Å². The second-order valence-electron chi connectivity index (χ2n) is 17.6. The SMILES string of the molecule is CC/C=C\C/C=C\C/C=C\C/C=C\C/C=C\C/C=C\C/C=C\C/C=C\CCCCCCC(=O)OC(CO)COC(=O)CCCCCCCCCCCCCCCCCCCCCCC. The van der Waals surface area contributed by atoms with Crippen LogP contribution in [0, 0.1) is 0 Å². The van der Waals surface area contributed by atoms with Crippen LogP contribution < -0.4 is 0 Å². The molecule has 64 heavy (non-hydrogen) atoms. The number of esters is 2. The molecule has 1 unspecified atom stereocenters. The Morgan fingerprint density at radius 2 is 0.672 bits per heavy atom. The molecule has 0 aliphatic rings. The average Bonchev–Trinajstić information content (AvgIpc) is 3.30. The lowest BCUT2D eigenvalue weighted by molar-refractivity contribution is -0.161. The van der Waals surface area contributed by atoms with Crippen molar-refractivity contribution in [2.45, 2.75) is 251 Å². The van der Waals surface area contributed by atoms with Crippen molar-refractivity contribution in [1.82, 2.24) is 0 Å². The molecule has 366 valence electrons. The second-order valence-corrected chi connectivity index (χ2v) is 17.6. The molecule has 0 fully saturated rings. The zero-order valence-corrected chi connectivity index (χ0v) is 41.8. The van der Waals surface area contributed by atoms with Crippen LogP contribution >= 0.6 is 0 Å². The molecule has 0 heterocycles. The Balaban J connectivity index is 3.60. The summed E-state index contributed by atoms with van der Waals surface area (Å²) in [6.07, 6.45) is 76.5. The van der Waals surface area contributed by atoms with Gasteiger partial charge >= 0.3 is 11.9 Å². The Morgan fingerprint density at radius 1 is 0.375 bits per heavy atom. The number of hydrogen-bond donors (Lipinski definition) is 1. The van der Waals surface area contributed by atoms with Gasteiger partial charge in [-0.3, -0.25) is 9.59 Å². The van der Waals surface area contributed by atoms with Gasteiger partial charge in [0.05, 0.1) is 6.61 Å². The van der Waals surface area contributed by atoms with Gasteiger partial charge in [0.2, 0.25) is 0 Å². The first kappa shape index (κ1) is 60.8. The summed E-state index contributed by atoms with van der Waals surface area (Å²) in [4.78, 5) is 24.5. The molecule has 0 rings (SSSR count). The molecule has 0 radical (unpaired) electrons. The Bertz CT molecular complexity index is 1230. The largest absolute Gasteiger partial charge is 0.462 e. The molecule has 0 aliphatic heterocycles. The third-order valence-electron chi connectivity index (χ3n) is 11.4. The van der Waals surface area contributed by atoms with Crippen molar-refractivity contribution in [3.63, 3.8) is 0 Å². The van der Waals surface area contributed by atoms with Gasteiger partial charge < -0.3 is 14.6 Å². The van der Waals surface area contributed by atoms with Crippen LogP contribution in [-0.2, 0) is 19.1 Å². The predicted octanol–water partition coefficient (Wildman–Crippen LogP) is 18.0. The summed E-state index contributed by atoms with van der Waals surface area (Å²) in [5, 5.41) is 9.64. The molecule has 0 aromatic carbocycles. The molecule has 0 amide bonds. The van der Waals surface area contributed by atoms with Gasteiger partial charge in [0.15, 0.2) is 6.10 Å². The molecule has 0 saturated heterocycles. The van der Waals surface area contributed by atoms with E-state index >= 15 is 0 Å². The molecule has 0 bridgehead atoms. The highest BCUT2D eigenvalue weighted by atomic mass is 16.6. The van der Waals surface area contributed by atoms with Gasteiger partial charge in [0, 0.05) is 12.8 Å². The number of unbranched alkanes of at least 4 members (excludes halogenated alkanes) is 24. The van der Waals surface area contributed by atoms with Gasteiger partial charge in [-0.2, -0.15) is 0 Å². The zero-order valence-electron chi connectivity index (χ0n) is 41.8. The van der Waals surface area contributed by atoms with E-state index in [-0.39, 0.29) is 25.2 Å². The topological polar surface area (TPSA) is 72.8 Å². The minimum atomic E-state index is -0.791. The highest BCUT2D eigenvalue weighted by Crippen LogP contribution is 2.16. The molecule has 0 spiro atoms. The van der Waals surface area contributed by atoms with Crippen LogP contribution in [-0.4, -0.2) is 36.4 Å².